The Balaban J connectivity index is 0.000000532. The Labute approximate surface area is 226 Å². The van der Waals surface area contributed by atoms with Gasteiger partial charge in [0.25, 0.3) is 5.91 Å². The van der Waals surface area contributed by atoms with Crippen LogP contribution in [0.5, 0.6) is 5.75 Å². The largest absolute Gasteiger partial charge is 0.493 e. The number of carboxylic acid groups (broad SMARTS) is 1. The van der Waals surface area contributed by atoms with E-state index in [2.05, 4.69) is 43.0 Å². The summed E-state index contributed by atoms with van der Waals surface area (Å²) in [7, 11) is 0. The molecule has 2 aromatic carbocycles. The number of carbonyl (C=O) groups is 2. The quantitative estimate of drug-likeness (QED) is 0.526. The van der Waals surface area contributed by atoms with Gasteiger partial charge in [-0.2, -0.15) is 18.4 Å². The molecule has 2 aliphatic heterocycles. The average Bonchev–Trinajstić information content (AvgIpc) is 3.29. The van der Waals surface area contributed by atoms with Crippen LogP contribution in [0.3, 0.4) is 0 Å². The number of hydrogen-bond donors (Lipinski definition) is 1. The third kappa shape index (κ3) is 8.45. The number of alkyl halides is 3. The van der Waals surface area contributed by atoms with Gasteiger partial charge in [0, 0.05) is 37.3 Å². The molecule has 7 nitrogen and oxygen atoms in total. The predicted octanol–water partition coefficient (Wildman–Crippen LogP) is 5.35. The fraction of sp³-hybridized carbons (Fsp3) is 0.483. The second-order valence-corrected chi connectivity index (χ2v) is 10.6. The van der Waals surface area contributed by atoms with E-state index in [-0.39, 0.29) is 5.91 Å². The number of nitriles is 1. The highest BCUT2D eigenvalue weighted by Gasteiger charge is 2.41. The molecular weight excluding hydrogens is 511 g/mol. The summed E-state index contributed by atoms with van der Waals surface area (Å²) in [5, 5.41) is 16.1. The van der Waals surface area contributed by atoms with Gasteiger partial charge in [-0.1, -0.05) is 32.0 Å². The number of piperidine rings is 1. The van der Waals surface area contributed by atoms with E-state index in [1.165, 1.54) is 12.0 Å². The highest BCUT2D eigenvalue weighted by atomic mass is 19.4. The summed E-state index contributed by atoms with van der Waals surface area (Å²) in [5.74, 6) is -1.16. The molecule has 1 N–H and O–H groups in total. The summed E-state index contributed by atoms with van der Waals surface area (Å²) in [5.41, 5.74) is 2.83. The fourth-order valence-electron chi connectivity index (χ4n) is 4.90. The van der Waals surface area contributed by atoms with E-state index in [1.807, 2.05) is 11.0 Å². The number of ether oxygens (including phenoxy) is 1. The lowest BCUT2D eigenvalue weighted by atomic mass is 9.77. The Morgan fingerprint density at radius 1 is 1.05 bits per heavy atom. The van der Waals surface area contributed by atoms with E-state index in [4.69, 9.17) is 19.9 Å². The number of carbonyl (C=O) groups excluding carboxylic acids is 1. The van der Waals surface area contributed by atoms with Crippen molar-refractivity contribution in [3.8, 4) is 11.8 Å². The molecular formula is C29H34F3N3O4. The Morgan fingerprint density at radius 2 is 1.64 bits per heavy atom. The molecule has 210 valence electrons. The van der Waals surface area contributed by atoms with E-state index in [1.54, 1.807) is 24.3 Å². The molecule has 0 aliphatic carbocycles. The van der Waals surface area contributed by atoms with Gasteiger partial charge >= 0.3 is 12.1 Å². The minimum absolute atomic E-state index is 0.0791. The Morgan fingerprint density at radius 3 is 2.21 bits per heavy atom. The maximum Gasteiger partial charge on any atom is 0.490 e. The van der Waals surface area contributed by atoms with Crippen LogP contribution in [0.2, 0.25) is 0 Å². The molecule has 2 saturated heterocycles. The van der Waals surface area contributed by atoms with Crippen LogP contribution in [-0.2, 0) is 11.3 Å². The highest BCUT2D eigenvalue weighted by molar-refractivity contribution is 5.94. The molecule has 10 heteroatoms. The lowest BCUT2D eigenvalue weighted by Gasteiger charge is -2.39. The number of halogens is 3. The van der Waals surface area contributed by atoms with Crippen molar-refractivity contribution in [3.05, 3.63) is 65.2 Å². The topological polar surface area (TPSA) is 93.9 Å². The van der Waals surface area contributed by atoms with Gasteiger partial charge in [-0.15, -0.1) is 0 Å². The summed E-state index contributed by atoms with van der Waals surface area (Å²) in [6.45, 7) is 9.80. The first-order valence-corrected chi connectivity index (χ1v) is 12.9. The first-order chi connectivity index (χ1) is 18.4. The van der Waals surface area contributed by atoms with Crippen molar-refractivity contribution in [2.75, 3.05) is 32.8 Å². The second kappa shape index (κ2) is 13.0. The number of hydrogen-bond acceptors (Lipinski definition) is 5. The summed E-state index contributed by atoms with van der Waals surface area (Å²) in [6.07, 6.45) is -1.78. The van der Waals surface area contributed by atoms with Crippen LogP contribution in [0.15, 0.2) is 48.5 Å². The van der Waals surface area contributed by atoms with Crippen molar-refractivity contribution in [2.45, 2.75) is 45.8 Å². The third-order valence-electron chi connectivity index (χ3n) is 7.07. The van der Waals surface area contributed by atoms with Crippen molar-refractivity contribution < 1.29 is 32.6 Å². The van der Waals surface area contributed by atoms with Gasteiger partial charge in [0.2, 0.25) is 0 Å². The molecule has 2 aliphatic rings. The first kappa shape index (κ1) is 30.0. The molecule has 4 rings (SSSR count). The second-order valence-electron chi connectivity index (χ2n) is 10.6. The zero-order valence-corrected chi connectivity index (χ0v) is 22.2. The van der Waals surface area contributed by atoms with Crippen LogP contribution in [0, 0.1) is 22.7 Å². The zero-order valence-electron chi connectivity index (χ0n) is 22.2. The van der Waals surface area contributed by atoms with Crippen LogP contribution in [0.4, 0.5) is 13.2 Å². The van der Waals surface area contributed by atoms with Gasteiger partial charge in [-0.05, 0) is 67.5 Å². The van der Waals surface area contributed by atoms with E-state index in [0.717, 1.165) is 57.9 Å². The summed E-state index contributed by atoms with van der Waals surface area (Å²) < 4.78 is 37.8. The van der Waals surface area contributed by atoms with E-state index < -0.39 is 12.1 Å². The minimum atomic E-state index is -5.08. The number of amides is 1. The summed E-state index contributed by atoms with van der Waals surface area (Å²) in [6, 6.07) is 17.5. The summed E-state index contributed by atoms with van der Waals surface area (Å²) >= 11 is 0. The molecule has 2 heterocycles. The monoisotopic (exact) mass is 545 g/mol. The smallest absolute Gasteiger partial charge is 0.490 e. The SMILES string of the molecule is CC(C)COc1ccccc1CN1CCC2(CCN(C(=O)c3ccc(C#N)cc3)CC2)C1.O=C(O)C(F)(F)F. The number of carboxylic acids is 1. The number of rotatable bonds is 6. The fourth-order valence-corrected chi connectivity index (χ4v) is 4.90. The first-order valence-electron chi connectivity index (χ1n) is 12.9. The van der Waals surface area contributed by atoms with E-state index in [9.17, 15) is 18.0 Å². The maximum atomic E-state index is 12.9. The molecule has 0 saturated carbocycles. The van der Waals surface area contributed by atoms with Crippen molar-refractivity contribution >= 4 is 11.9 Å². The van der Waals surface area contributed by atoms with Gasteiger partial charge in [0.15, 0.2) is 0 Å². The summed E-state index contributed by atoms with van der Waals surface area (Å²) in [4.78, 5) is 26.3. The van der Waals surface area contributed by atoms with Gasteiger partial charge in [0.1, 0.15) is 5.75 Å². The van der Waals surface area contributed by atoms with E-state index in [0.29, 0.717) is 22.5 Å². The molecule has 2 aromatic rings. The number of para-hydroxylation sites is 1. The van der Waals surface area contributed by atoms with Crippen molar-refractivity contribution in [1.82, 2.24) is 9.80 Å². The Bertz CT molecular complexity index is 1170. The van der Waals surface area contributed by atoms with Crippen LogP contribution in [0.25, 0.3) is 0 Å². The third-order valence-corrected chi connectivity index (χ3v) is 7.07. The highest BCUT2D eigenvalue weighted by Crippen LogP contribution is 2.41. The van der Waals surface area contributed by atoms with Gasteiger partial charge < -0.3 is 14.7 Å². The number of aliphatic carboxylic acids is 1. The normalized spacial score (nSPS) is 16.9. The van der Waals surface area contributed by atoms with E-state index >= 15 is 0 Å². The van der Waals surface area contributed by atoms with Crippen LogP contribution in [-0.4, -0.2) is 65.7 Å². The van der Waals surface area contributed by atoms with Crippen molar-refractivity contribution in [2.24, 2.45) is 11.3 Å². The van der Waals surface area contributed by atoms with Gasteiger partial charge in [0.05, 0.1) is 18.2 Å². The van der Waals surface area contributed by atoms with Crippen molar-refractivity contribution in [1.29, 1.82) is 5.26 Å². The molecule has 1 amide bonds. The van der Waals surface area contributed by atoms with Gasteiger partial charge in [-0.25, -0.2) is 4.79 Å². The Hall–Kier alpha value is -3.58. The molecule has 39 heavy (non-hydrogen) atoms. The predicted molar refractivity (Wildman–Crippen MR) is 139 cm³/mol. The van der Waals surface area contributed by atoms with Crippen molar-refractivity contribution in [3.63, 3.8) is 0 Å². The minimum Gasteiger partial charge on any atom is -0.493 e. The number of likely N-dealkylation sites (tertiary alicyclic amines) is 2. The van der Waals surface area contributed by atoms with Crippen LogP contribution in [0.1, 0.15) is 54.6 Å². The Kier molecular flexibility index (Phi) is 9.97. The lowest BCUT2D eigenvalue weighted by Crippen LogP contribution is -2.44. The molecule has 0 bridgehead atoms. The van der Waals surface area contributed by atoms with Crippen LogP contribution >= 0.6 is 0 Å². The number of nitrogens with zero attached hydrogens (tertiary/aromatic N) is 3. The standard InChI is InChI=1S/C27H33N3O2.C2HF3O2/c1-21(2)19-32-25-6-4-3-5-24(25)18-29-14-11-27(20-29)12-15-30(16-13-27)26(31)23-9-7-22(17-28)8-10-23;3-2(4,5)1(6)7/h3-10,21H,11-16,18-20H2,1-2H3;(H,6,7). The lowest BCUT2D eigenvalue weighted by molar-refractivity contribution is -0.192. The molecule has 0 unspecified atom stereocenters. The molecule has 0 radical (unpaired) electrons. The molecule has 0 aromatic heterocycles. The average molecular weight is 546 g/mol. The van der Waals surface area contributed by atoms with Crippen LogP contribution < -0.4 is 4.74 Å². The zero-order chi connectivity index (χ0) is 28.6. The maximum absolute atomic E-state index is 12.9. The number of benzene rings is 2. The van der Waals surface area contributed by atoms with Gasteiger partial charge in [-0.3, -0.25) is 9.69 Å². The molecule has 2 fully saturated rings. The molecule has 1 spiro atoms. The molecule has 0 atom stereocenters.